The molecule has 0 bridgehead atoms. The van der Waals surface area contributed by atoms with Crippen LogP contribution in [0.2, 0.25) is 0 Å². The highest BCUT2D eigenvalue weighted by atomic mass is 15.2. The third-order valence-corrected chi connectivity index (χ3v) is 4.23. The van der Waals surface area contributed by atoms with E-state index in [1.165, 1.54) is 37.1 Å². The van der Waals surface area contributed by atoms with Crippen molar-refractivity contribution >= 4 is 0 Å². The number of nitrogens with zero attached hydrogens (tertiary/aromatic N) is 1. The summed E-state index contributed by atoms with van der Waals surface area (Å²) in [6.07, 6.45) is 2.36. The van der Waals surface area contributed by atoms with Crippen LogP contribution in [0.25, 0.3) is 0 Å². The van der Waals surface area contributed by atoms with Crippen LogP contribution in [0.3, 0.4) is 0 Å². The maximum Gasteiger partial charge on any atom is 0.0105 e. The summed E-state index contributed by atoms with van der Waals surface area (Å²) in [5.74, 6) is 0.580. The van der Waals surface area contributed by atoms with Gasteiger partial charge in [0.2, 0.25) is 0 Å². The van der Waals surface area contributed by atoms with E-state index < -0.39 is 0 Å². The molecule has 1 aromatic carbocycles. The lowest BCUT2D eigenvalue weighted by Gasteiger charge is -2.31. The number of rotatable bonds is 3. The zero-order valence-corrected chi connectivity index (χ0v) is 11.0. The van der Waals surface area contributed by atoms with Crippen LogP contribution in [0, 0.1) is 5.92 Å². The van der Waals surface area contributed by atoms with Crippen molar-refractivity contribution in [3.63, 3.8) is 0 Å². The first-order chi connectivity index (χ1) is 8.22. The minimum atomic E-state index is 0.580. The molecule has 1 aliphatic rings. The Balaban J connectivity index is 2.04. The first-order valence-corrected chi connectivity index (χ1v) is 6.73. The van der Waals surface area contributed by atoms with Crippen molar-refractivity contribution in [1.29, 1.82) is 0 Å². The monoisotopic (exact) mass is 232 g/mol. The topological polar surface area (TPSA) is 29.3 Å². The average molecular weight is 232 g/mol. The fourth-order valence-electron chi connectivity index (χ4n) is 2.65. The highest BCUT2D eigenvalue weighted by Gasteiger charge is 2.21. The zero-order chi connectivity index (χ0) is 12.3. The van der Waals surface area contributed by atoms with Gasteiger partial charge in [-0.3, -0.25) is 4.90 Å². The third kappa shape index (κ3) is 2.88. The first-order valence-electron chi connectivity index (χ1n) is 6.73. The molecular weight excluding hydrogens is 208 g/mol. The van der Waals surface area contributed by atoms with Crippen molar-refractivity contribution < 1.29 is 0 Å². The Morgan fingerprint density at radius 3 is 2.12 bits per heavy atom. The van der Waals surface area contributed by atoms with E-state index in [4.69, 9.17) is 5.73 Å². The summed E-state index contributed by atoms with van der Waals surface area (Å²) in [5, 5.41) is 0. The Kier molecular flexibility index (Phi) is 4.19. The predicted octanol–water partition coefficient (Wildman–Crippen LogP) is 2.07. The van der Waals surface area contributed by atoms with Gasteiger partial charge in [-0.2, -0.15) is 0 Å². The molecule has 0 saturated carbocycles. The van der Waals surface area contributed by atoms with E-state index in [-0.39, 0.29) is 0 Å². The minimum Gasteiger partial charge on any atom is -0.330 e. The highest BCUT2D eigenvalue weighted by molar-refractivity contribution is 5.28. The fourth-order valence-corrected chi connectivity index (χ4v) is 2.65. The molecule has 0 saturated heterocycles. The number of hydrogen-bond acceptors (Lipinski definition) is 2. The summed E-state index contributed by atoms with van der Waals surface area (Å²) < 4.78 is 0. The second-order valence-corrected chi connectivity index (χ2v) is 5.26. The molecule has 1 heterocycles. The number of nitrogens with two attached hydrogens (primary N) is 1. The van der Waals surface area contributed by atoms with Crippen molar-refractivity contribution in [3.05, 3.63) is 35.4 Å². The largest absolute Gasteiger partial charge is 0.330 e. The molecule has 2 N–H and O–H groups in total. The van der Waals surface area contributed by atoms with Crippen LogP contribution in [-0.2, 0) is 12.8 Å². The molecule has 17 heavy (non-hydrogen) atoms. The summed E-state index contributed by atoms with van der Waals surface area (Å²) in [5.41, 5.74) is 8.84. The van der Waals surface area contributed by atoms with Gasteiger partial charge in [-0.1, -0.05) is 31.2 Å². The summed E-state index contributed by atoms with van der Waals surface area (Å²) in [4.78, 5) is 2.59. The van der Waals surface area contributed by atoms with E-state index >= 15 is 0 Å². The van der Waals surface area contributed by atoms with Crippen LogP contribution in [0.1, 0.15) is 25.0 Å². The SMILES string of the molecule is CC(CN)C(C)N1CCc2ccccc2CC1. The van der Waals surface area contributed by atoms with E-state index in [0.717, 1.165) is 6.54 Å². The maximum atomic E-state index is 5.78. The standard InChI is InChI=1S/C15H24N2/c1-12(11-16)13(2)17-9-7-14-5-3-4-6-15(14)8-10-17/h3-6,12-13H,7-11,16H2,1-2H3. The molecule has 2 unspecified atom stereocenters. The highest BCUT2D eigenvalue weighted by Crippen LogP contribution is 2.19. The van der Waals surface area contributed by atoms with E-state index in [9.17, 15) is 0 Å². The quantitative estimate of drug-likeness (QED) is 0.864. The van der Waals surface area contributed by atoms with Gasteiger partial charge in [0, 0.05) is 19.1 Å². The smallest absolute Gasteiger partial charge is 0.0105 e. The van der Waals surface area contributed by atoms with Gasteiger partial charge in [-0.25, -0.2) is 0 Å². The molecule has 2 rings (SSSR count). The van der Waals surface area contributed by atoms with Gasteiger partial charge in [0.1, 0.15) is 0 Å². The Hall–Kier alpha value is -0.860. The second kappa shape index (κ2) is 5.65. The molecule has 0 radical (unpaired) electrons. The Morgan fingerprint density at radius 1 is 1.12 bits per heavy atom. The number of benzene rings is 1. The molecule has 0 fully saturated rings. The van der Waals surface area contributed by atoms with Crippen LogP contribution in [0.5, 0.6) is 0 Å². The maximum absolute atomic E-state index is 5.78. The van der Waals surface area contributed by atoms with Gasteiger partial charge >= 0.3 is 0 Å². The Labute approximate surface area is 105 Å². The zero-order valence-electron chi connectivity index (χ0n) is 11.0. The van der Waals surface area contributed by atoms with Crippen molar-refractivity contribution in [2.75, 3.05) is 19.6 Å². The van der Waals surface area contributed by atoms with Crippen LogP contribution in [0.4, 0.5) is 0 Å². The summed E-state index contributed by atoms with van der Waals surface area (Å²) >= 11 is 0. The van der Waals surface area contributed by atoms with Gasteiger partial charge in [-0.05, 0) is 43.4 Å². The molecule has 94 valence electrons. The Bertz CT molecular complexity index is 335. The van der Waals surface area contributed by atoms with Gasteiger partial charge < -0.3 is 5.73 Å². The number of hydrogen-bond donors (Lipinski definition) is 1. The van der Waals surface area contributed by atoms with Crippen LogP contribution >= 0.6 is 0 Å². The lowest BCUT2D eigenvalue weighted by Crippen LogP contribution is -2.41. The molecule has 2 atom stereocenters. The van der Waals surface area contributed by atoms with E-state index in [1.54, 1.807) is 0 Å². The minimum absolute atomic E-state index is 0.580. The van der Waals surface area contributed by atoms with Crippen LogP contribution < -0.4 is 5.73 Å². The van der Waals surface area contributed by atoms with E-state index in [1.807, 2.05) is 0 Å². The average Bonchev–Trinajstić information content (AvgIpc) is 2.59. The van der Waals surface area contributed by atoms with Crippen molar-refractivity contribution in [3.8, 4) is 0 Å². The third-order valence-electron chi connectivity index (χ3n) is 4.23. The molecule has 2 nitrogen and oxygen atoms in total. The molecule has 0 aliphatic carbocycles. The van der Waals surface area contributed by atoms with E-state index in [2.05, 4.69) is 43.0 Å². The molecule has 0 spiro atoms. The molecule has 0 amide bonds. The van der Waals surface area contributed by atoms with Crippen molar-refractivity contribution in [2.45, 2.75) is 32.7 Å². The molecule has 1 aliphatic heterocycles. The predicted molar refractivity (Wildman–Crippen MR) is 73.1 cm³/mol. The van der Waals surface area contributed by atoms with Crippen LogP contribution in [-0.4, -0.2) is 30.6 Å². The summed E-state index contributed by atoms with van der Waals surface area (Å²) in [6, 6.07) is 9.45. The van der Waals surface area contributed by atoms with Gasteiger partial charge in [0.05, 0.1) is 0 Å². The number of fused-ring (bicyclic) bond motifs is 1. The van der Waals surface area contributed by atoms with Gasteiger partial charge in [-0.15, -0.1) is 0 Å². The summed E-state index contributed by atoms with van der Waals surface area (Å²) in [7, 11) is 0. The van der Waals surface area contributed by atoms with Crippen LogP contribution in [0.15, 0.2) is 24.3 Å². The molecular formula is C15H24N2. The normalized spacial score (nSPS) is 20.4. The Morgan fingerprint density at radius 2 is 1.65 bits per heavy atom. The lowest BCUT2D eigenvalue weighted by molar-refractivity contribution is 0.171. The van der Waals surface area contributed by atoms with Gasteiger partial charge in [0.15, 0.2) is 0 Å². The lowest BCUT2D eigenvalue weighted by atomic mass is 10.0. The molecule has 0 aromatic heterocycles. The second-order valence-electron chi connectivity index (χ2n) is 5.26. The molecule has 1 aromatic rings. The molecule has 2 heteroatoms. The van der Waals surface area contributed by atoms with Crippen molar-refractivity contribution in [2.24, 2.45) is 11.7 Å². The van der Waals surface area contributed by atoms with Crippen molar-refractivity contribution in [1.82, 2.24) is 4.90 Å². The van der Waals surface area contributed by atoms with E-state index in [0.29, 0.717) is 12.0 Å². The summed E-state index contributed by atoms with van der Waals surface area (Å²) in [6.45, 7) is 7.69. The van der Waals surface area contributed by atoms with Gasteiger partial charge in [0.25, 0.3) is 0 Å². The fraction of sp³-hybridized carbons (Fsp3) is 0.600. The first kappa shape index (κ1) is 12.6.